The fourth-order valence-electron chi connectivity index (χ4n) is 4.26. The molecule has 0 radical (unpaired) electrons. The van der Waals surface area contributed by atoms with E-state index in [9.17, 15) is 13.2 Å². The molecule has 0 aromatic heterocycles. The zero-order valence-electron chi connectivity index (χ0n) is 18.0. The Balaban J connectivity index is 1.52. The Labute approximate surface area is 183 Å². The summed E-state index contributed by atoms with van der Waals surface area (Å²) in [5, 5.41) is 3.05. The predicted molar refractivity (Wildman–Crippen MR) is 123 cm³/mol. The average Bonchev–Trinajstić information content (AvgIpc) is 2.97. The van der Waals surface area contributed by atoms with Crippen molar-refractivity contribution in [1.82, 2.24) is 10.0 Å². The molecule has 162 valence electrons. The number of aryl methyl sites for hydroxylation is 3. The van der Waals surface area contributed by atoms with Crippen molar-refractivity contribution in [3.05, 3.63) is 75.9 Å². The van der Waals surface area contributed by atoms with Gasteiger partial charge in [-0.3, -0.25) is 14.5 Å². The molecule has 1 atom stereocenters. The molecule has 1 heterocycles. The maximum absolute atomic E-state index is 12.7. The van der Waals surface area contributed by atoms with Gasteiger partial charge in [0.1, 0.15) is 17.3 Å². The number of hydrogen-bond acceptors (Lipinski definition) is 4. The van der Waals surface area contributed by atoms with E-state index >= 15 is 0 Å². The van der Waals surface area contributed by atoms with E-state index in [1.54, 1.807) is 13.0 Å². The number of hydrogen-bond donors (Lipinski definition) is 2. The number of amides is 1. The van der Waals surface area contributed by atoms with Crippen molar-refractivity contribution in [3.63, 3.8) is 0 Å². The van der Waals surface area contributed by atoms with E-state index in [1.807, 2.05) is 38.1 Å². The number of rotatable bonds is 4. The molecular weight excluding hydrogens is 410 g/mol. The maximum atomic E-state index is 12.7. The van der Waals surface area contributed by atoms with Gasteiger partial charge in [0.15, 0.2) is 0 Å². The second-order valence-corrected chi connectivity index (χ2v) is 9.85. The monoisotopic (exact) mass is 437 g/mol. The number of sulfonamides is 1. The number of carbonyl (C=O) groups is 1. The molecule has 2 aromatic rings. The van der Waals surface area contributed by atoms with Crippen molar-refractivity contribution >= 4 is 26.7 Å². The van der Waals surface area contributed by atoms with Crippen molar-refractivity contribution in [1.29, 1.82) is 0 Å². The van der Waals surface area contributed by atoms with Gasteiger partial charge in [-0.05, 0) is 67.9 Å². The minimum atomic E-state index is -3.72. The van der Waals surface area contributed by atoms with Crippen LogP contribution in [0.4, 0.5) is 0 Å². The Morgan fingerprint density at radius 3 is 2.68 bits per heavy atom. The van der Waals surface area contributed by atoms with E-state index < -0.39 is 10.0 Å². The van der Waals surface area contributed by atoms with Crippen LogP contribution in [0.1, 0.15) is 53.6 Å². The van der Waals surface area contributed by atoms with Crippen LogP contribution in [0.2, 0.25) is 0 Å². The van der Waals surface area contributed by atoms with Crippen molar-refractivity contribution in [2.45, 2.75) is 46.1 Å². The lowest BCUT2D eigenvalue weighted by atomic mass is 9.88. The van der Waals surface area contributed by atoms with Gasteiger partial charge in [0, 0.05) is 5.57 Å². The highest BCUT2D eigenvalue weighted by molar-refractivity contribution is 8.00. The van der Waals surface area contributed by atoms with Crippen LogP contribution in [0.25, 0.3) is 4.91 Å². The first kappa shape index (κ1) is 21.3. The summed E-state index contributed by atoms with van der Waals surface area (Å²) < 4.78 is 28.0. The lowest BCUT2D eigenvalue weighted by Gasteiger charge is -2.26. The molecule has 7 heteroatoms. The van der Waals surface area contributed by atoms with Crippen molar-refractivity contribution < 1.29 is 13.2 Å². The van der Waals surface area contributed by atoms with Crippen molar-refractivity contribution in [3.8, 4) is 0 Å². The molecular formula is C24H27N3O3S. The molecule has 31 heavy (non-hydrogen) atoms. The molecule has 0 bridgehead atoms. The number of carbonyl (C=O) groups excluding carboxylic acids is 1. The Morgan fingerprint density at radius 1 is 1.13 bits per heavy atom. The lowest BCUT2D eigenvalue weighted by Crippen LogP contribution is -2.33. The fraction of sp³-hybridized carbons (Fsp3) is 0.333. The topological polar surface area (TPSA) is 87.6 Å². The standard InChI is InChI=1S/C24H27N3O3S/c1-15-11-12-19(13-16(15)2)23-17(3)24(27-31(23,29)30)25-14-22(28)26-21-10-6-8-18-7-4-5-9-20(18)21/h4-5,7,9,11-13,21H,6,8,10,14H2,1-3H3,(H,25,27)(H,26,28). The Morgan fingerprint density at radius 2 is 1.90 bits per heavy atom. The highest BCUT2D eigenvalue weighted by Gasteiger charge is 2.33. The van der Waals surface area contributed by atoms with E-state index in [0.717, 1.165) is 36.0 Å². The summed E-state index contributed by atoms with van der Waals surface area (Å²) in [6.07, 6.45) is 2.94. The van der Waals surface area contributed by atoms with E-state index in [-0.39, 0.29) is 29.2 Å². The second-order valence-electron chi connectivity index (χ2n) is 8.23. The highest BCUT2D eigenvalue weighted by Crippen LogP contribution is 2.31. The van der Waals surface area contributed by atoms with Crippen LogP contribution in [0.5, 0.6) is 0 Å². The maximum Gasteiger partial charge on any atom is 0.264 e. The van der Waals surface area contributed by atoms with E-state index in [1.165, 1.54) is 5.56 Å². The number of fused-ring (bicyclic) bond motifs is 1. The highest BCUT2D eigenvalue weighted by atomic mass is 32.2. The van der Waals surface area contributed by atoms with Crippen molar-refractivity contribution in [2.24, 2.45) is 4.99 Å². The minimum absolute atomic E-state index is 0.0272. The zero-order chi connectivity index (χ0) is 22.2. The molecule has 2 N–H and O–H groups in total. The first-order valence-corrected chi connectivity index (χ1v) is 12.0. The molecule has 1 aliphatic carbocycles. The molecule has 2 aromatic carbocycles. The third-order valence-corrected chi connectivity index (χ3v) is 7.59. The molecule has 4 rings (SSSR count). The van der Waals surface area contributed by atoms with Crippen LogP contribution in [0, 0.1) is 13.8 Å². The van der Waals surface area contributed by atoms with Gasteiger partial charge in [-0.25, -0.2) is 8.42 Å². The summed E-state index contributed by atoms with van der Waals surface area (Å²) in [6.45, 7) is 5.52. The fourth-order valence-corrected chi connectivity index (χ4v) is 5.78. The second kappa shape index (κ2) is 8.30. The normalized spacial score (nSPS) is 21.0. The molecule has 0 saturated carbocycles. The molecule has 0 spiro atoms. The average molecular weight is 438 g/mol. The van der Waals surface area contributed by atoms with Crippen LogP contribution in [-0.2, 0) is 21.2 Å². The van der Waals surface area contributed by atoms with Gasteiger partial charge in [0.05, 0.1) is 6.04 Å². The quantitative estimate of drug-likeness (QED) is 0.767. The molecule has 1 unspecified atom stereocenters. The SMILES string of the molecule is CC1=C(c2ccc(C)c(C)c2)S(=O)(=O)NC1=NCC(=O)NC1CCCc2ccccc21. The van der Waals surface area contributed by atoms with E-state index in [4.69, 9.17) is 0 Å². The summed E-state index contributed by atoms with van der Waals surface area (Å²) in [5.41, 5.74) is 5.70. The third-order valence-electron chi connectivity index (χ3n) is 6.05. The smallest absolute Gasteiger partial charge is 0.264 e. The largest absolute Gasteiger partial charge is 0.348 e. The molecule has 0 fully saturated rings. The first-order chi connectivity index (χ1) is 14.8. The number of amidine groups is 1. The summed E-state index contributed by atoms with van der Waals surface area (Å²) >= 11 is 0. The number of benzene rings is 2. The van der Waals surface area contributed by atoms with E-state index in [0.29, 0.717) is 11.1 Å². The van der Waals surface area contributed by atoms with Crippen LogP contribution >= 0.6 is 0 Å². The summed E-state index contributed by atoms with van der Waals surface area (Å²) in [6, 6.07) is 13.7. The summed E-state index contributed by atoms with van der Waals surface area (Å²) in [4.78, 5) is 17.1. The van der Waals surface area contributed by atoms with Gasteiger partial charge < -0.3 is 5.32 Å². The Hall–Kier alpha value is -2.93. The molecule has 1 amide bonds. The molecule has 6 nitrogen and oxygen atoms in total. The van der Waals surface area contributed by atoms with Crippen LogP contribution in [0.3, 0.4) is 0 Å². The van der Waals surface area contributed by atoms with Crippen molar-refractivity contribution in [2.75, 3.05) is 6.54 Å². The van der Waals surface area contributed by atoms with Gasteiger partial charge in [0.2, 0.25) is 5.91 Å². The van der Waals surface area contributed by atoms with Crippen LogP contribution in [-0.4, -0.2) is 26.7 Å². The number of nitrogens with one attached hydrogen (secondary N) is 2. The van der Waals surface area contributed by atoms with E-state index in [2.05, 4.69) is 27.2 Å². The predicted octanol–water partition coefficient (Wildman–Crippen LogP) is 3.56. The first-order valence-electron chi connectivity index (χ1n) is 10.5. The van der Waals surface area contributed by atoms with Gasteiger partial charge in [-0.1, -0.05) is 42.5 Å². The van der Waals surface area contributed by atoms with Gasteiger partial charge in [-0.15, -0.1) is 0 Å². The van der Waals surface area contributed by atoms with Gasteiger partial charge in [0.25, 0.3) is 10.0 Å². The Kier molecular flexibility index (Phi) is 5.71. The number of aliphatic imine (C=N–C) groups is 1. The molecule has 1 aliphatic heterocycles. The lowest BCUT2D eigenvalue weighted by molar-refractivity contribution is -0.120. The van der Waals surface area contributed by atoms with Gasteiger partial charge in [-0.2, -0.15) is 0 Å². The minimum Gasteiger partial charge on any atom is -0.348 e. The summed E-state index contributed by atoms with van der Waals surface area (Å²) in [7, 11) is -3.72. The van der Waals surface area contributed by atoms with Gasteiger partial charge >= 0.3 is 0 Å². The molecule has 2 aliphatic rings. The zero-order valence-corrected chi connectivity index (χ0v) is 18.8. The van der Waals surface area contributed by atoms with Crippen LogP contribution in [0.15, 0.2) is 53.0 Å². The third kappa shape index (κ3) is 4.28. The summed E-state index contributed by atoms with van der Waals surface area (Å²) in [5.74, 6) is 0.00764. The molecule has 0 saturated heterocycles. The number of nitrogens with zero attached hydrogens (tertiary/aromatic N) is 1. The Bertz CT molecular complexity index is 1210. The van der Waals surface area contributed by atoms with Crippen LogP contribution < -0.4 is 10.0 Å².